The lowest BCUT2D eigenvalue weighted by Gasteiger charge is -2.38. The van der Waals surface area contributed by atoms with Gasteiger partial charge in [0, 0.05) is 6.42 Å². The van der Waals surface area contributed by atoms with Crippen LogP contribution < -0.4 is 10.1 Å². The van der Waals surface area contributed by atoms with Crippen LogP contribution in [0, 0.1) is 5.92 Å². The van der Waals surface area contributed by atoms with E-state index in [1.807, 2.05) is 12.1 Å². The van der Waals surface area contributed by atoms with Crippen LogP contribution in [0.5, 0.6) is 5.75 Å². The predicted octanol–water partition coefficient (Wildman–Crippen LogP) is 0.542. The Bertz CT molecular complexity index is 511. The second-order valence-electron chi connectivity index (χ2n) is 5.55. The molecule has 1 saturated carbocycles. The Kier molecular flexibility index (Phi) is 3.63. The van der Waals surface area contributed by atoms with Gasteiger partial charge in [0.2, 0.25) is 5.91 Å². The van der Waals surface area contributed by atoms with Crippen molar-refractivity contribution in [2.75, 3.05) is 13.2 Å². The molecular weight excluding hydrogens is 258 g/mol. The summed E-state index contributed by atoms with van der Waals surface area (Å²) in [6.45, 7) is 0.189. The van der Waals surface area contributed by atoms with Crippen LogP contribution in [-0.2, 0) is 11.2 Å². The first-order valence-electron chi connectivity index (χ1n) is 7.01. The molecule has 20 heavy (non-hydrogen) atoms. The first-order chi connectivity index (χ1) is 9.67. The van der Waals surface area contributed by atoms with E-state index in [4.69, 9.17) is 9.84 Å². The lowest BCUT2D eigenvalue weighted by Crippen LogP contribution is -2.42. The van der Waals surface area contributed by atoms with Crippen LogP contribution in [0.25, 0.3) is 0 Å². The van der Waals surface area contributed by atoms with E-state index in [9.17, 15) is 9.90 Å². The summed E-state index contributed by atoms with van der Waals surface area (Å²) >= 11 is 0. The Labute approximate surface area is 117 Å². The van der Waals surface area contributed by atoms with E-state index < -0.39 is 6.61 Å². The number of carbonyl (C=O) groups is 1. The smallest absolute Gasteiger partial charge is 0.246 e. The number of aliphatic hydroxyl groups is 2. The summed E-state index contributed by atoms with van der Waals surface area (Å²) in [5.74, 6) is 0.753. The zero-order valence-corrected chi connectivity index (χ0v) is 11.2. The lowest BCUT2D eigenvalue weighted by atomic mass is 9.75. The molecule has 1 heterocycles. The fraction of sp³-hybridized carbons (Fsp3) is 0.533. The number of fused-ring (bicyclic) bond motifs is 1. The molecule has 0 radical (unpaired) electrons. The van der Waals surface area contributed by atoms with Crippen molar-refractivity contribution in [3.8, 4) is 5.75 Å². The van der Waals surface area contributed by atoms with Crippen molar-refractivity contribution in [2.24, 2.45) is 5.92 Å². The normalized spacial score (nSPS) is 25.3. The van der Waals surface area contributed by atoms with Gasteiger partial charge in [-0.2, -0.15) is 0 Å². The molecule has 2 aliphatic rings. The Morgan fingerprint density at radius 1 is 1.45 bits per heavy atom. The summed E-state index contributed by atoms with van der Waals surface area (Å²) in [5.41, 5.74) is 2.18. The van der Waals surface area contributed by atoms with E-state index in [1.165, 1.54) is 0 Å². The third-order valence-corrected chi connectivity index (χ3v) is 4.15. The molecule has 1 aromatic carbocycles. The van der Waals surface area contributed by atoms with Gasteiger partial charge in [-0.1, -0.05) is 6.07 Å². The van der Waals surface area contributed by atoms with Crippen molar-refractivity contribution in [3.05, 3.63) is 29.3 Å². The van der Waals surface area contributed by atoms with Crippen LogP contribution in [0.2, 0.25) is 0 Å². The van der Waals surface area contributed by atoms with E-state index in [-0.39, 0.29) is 24.0 Å². The SMILES string of the molecule is O=C(CO)N[C@H](c1ccc2c(c1)CCO2)C1CC(O)C1. The zero-order chi connectivity index (χ0) is 14.1. The number of hydrogen-bond donors (Lipinski definition) is 3. The average molecular weight is 277 g/mol. The molecule has 0 bridgehead atoms. The minimum absolute atomic E-state index is 0.149. The maximum Gasteiger partial charge on any atom is 0.246 e. The van der Waals surface area contributed by atoms with E-state index in [0.717, 1.165) is 23.3 Å². The Balaban J connectivity index is 1.82. The highest BCUT2D eigenvalue weighted by Gasteiger charge is 2.36. The molecule has 5 nitrogen and oxygen atoms in total. The van der Waals surface area contributed by atoms with Crippen molar-refractivity contribution < 1.29 is 19.7 Å². The second-order valence-corrected chi connectivity index (χ2v) is 5.55. The highest BCUT2D eigenvalue weighted by Crippen LogP contribution is 2.39. The molecule has 1 atom stereocenters. The van der Waals surface area contributed by atoms with Crippen molar-refractivity contribution in [1.29, 1.82) is 0 Å². The molecule has 5 heteroatoms. The quantitative estimate of drug-likeness (QED) is 0.750. The molecule has 108 valence electrons. The molecule has 0 spiro atoms. The molecule has 3 rings (SSSR count). The zero-order valence-electron chi connectivity index (χ0n) is 11.2. The molecule has 1 fully saturated rings. The van der Waals surface area contributed by atoms with Crippen LogP contribution in [-0.4, -0.2) is 35.4 Å². The van der Waals surface area contributed by atoms with Crippen LogP contribution in [0.15, 0.2) is 18.2 Å². The molecule has 0 unspecified atom stereocenters. The minimum atomic E-state index is -0.514. The largest absolute Gasteiger partial charge is 0.493 e. The van der Waals surface area contributed by atoms with Crippen molar-refractivity contribution in [3.63, 3.8) is 0 Å². The van der Waals surface area contributed by atoms with E-state index in [0.29, 0.717) is 19.4 Å². The fourth-order valence-electron chi connectivity index (χ4n) is 2.99. The fourth-order valence-corrected chi connectivity index (χ4v) is 2.99. The molecule has 0 saturated heterocycles. The molecule has 1 aliphatic heterocycles. The summed E-state index contributed by atoms with van der Waals surface area (Å²) in [6.07, 6.45) is 1.98. The Hall–Kier alpha value is -1.59. The number of carbonyl (C=O) groups excluding carboxylic acids is 1. The van der Waals surface area contributed by atoms with Crippen molar-refractivity contribution >= 4 is 5.91 Å². The first kappa shape index (κ1) is 13.4. The minimum Gasteiger partial charge on any atom is -0.493 e. The van der Waals surface area contributed by atoms with Crippen molar-refractivity contribution in [2.45, 2.75) is 31.4 Å². The van der Waals surface area contributed by atoms with Gasteiger partial charge in [0.1, 0.15) is 12.4 Å². The summed E-state index contributed by atoms with van der Waals surface area (Å²) in [7, 11) is 0. The number of benzene rings is 1. The van der Waals surface area contributed by atoms with Gasteiger partial charge in [-0.3, -0.25) is 4.79 Å². The van der Waals surface area contributed by atoms with Gasteiger partial charge in [0.15, 0.2) is 0 Å². The summed E-state index contributed by atoms with van der Waals surface area (Å²) in [4.78, 5) is 11.5. The molecule has 3 N–H and O–H groups in total. The predicted molar refractivity (Wildman–Crippen MR) is 72.3 cm³/mol. The summed E-state index contributed by atoms with van der Waals surface area (Å²) < 4.78 is 5.49. The third-order valence-electron chi connectivity index (χ3n) is 4.15. The third kappa shape index (κ3) is 2.51. The maximum absolute atomic E-state index is 11.5. The number of amides is 1. The van der Waals surface area contributed by atoms with E-state index in [2.05, 4.69) is 11.4 Å². The van der Waals surface area contributed by atoms with Gasteiger partial charge in [-0.05, 0) is 42.0 Å². The molecular formula is C15H19NO4. The Morgan fingerprint density at radius 2 is 2.25 bits per heavy atom. The van der Waals surface area contributed by atoms with E-state index in [1.54, 1.807) is 0 Å². The maximum atomic E-state index is 11.5. The summed E-state index contributed by atoms with van der Waals surface area (Å²) in [5, 5.41) is 21.3. The highest BCUT2D eigenvalue weighted by atomic mass is 16.5. The number of rotatable bonds is 4. The van der Waals surface area contributed by atoms with Crippen LogP contribution in [0.3, 0.4) is 0 Å². The van der Waals surface area contributed by atoms with Gasteiger partial charge < -0.3 is 20.3 Å². The molecule has 1 aromatic rings. The number of ether oxygens (including phenoxy) is 1. The topological polar surface area (TPSA) is 78.8 Å². The van der Waals surface area contributed by atoms with Gasteiger partial charge in [0.25, 0.3) is 0 Å². The highest BCUT2D eigenvalue weighted by molar-refractivity contribution is 5.77. The molecule has 0 aromatic heterocycles. The molecule has 1 aliphatic carbocycles. The van der Waals surface area contributed by atoms with Gasteiger partial charge in [0.05, 0.1) is 18.8 Å². The van der Waals surface area contributed by atoms with E-state index >= 15 is 0 Å². The van der Waals surface area contributed by atoms with Crippen LogP contribution in [0.1, 0.15) is 30.0 Å². The van der Waals surface area contributed by atoms with Gasteiger partial charge in [-0.25, -0.2) is 0 Å². The standard InChI is InChI=1S/C15H19NO4/c17-8-14(19)16-15(11-6-12(18)7-11)10-1-2-13-9(5-10)3-4-20-13/h1-2,5,11-12,15,17-18H,3-4,6-8H2,(H,16,19)/t11?,12?,15-/m1/s1. The van der Waals surface area contributed by atoms with Crippen LogP contribution >= 0.6 is 0 Å². The van der Waals surface area contributed by atoms with Crippen LogP contribution in [0.4, 0.5) is 0 Å². The molecule has 1 amide bonds. The number of hydrogen-bond acceptors (Lipinski definition) is 4. The second kappa shape index (κ2) is 5.42. The Morgan fingerprint density at radius 3 is 2.95 bits per heavy atom. The van der Waals surface area contributed by atoms with Gasteiger partial charge in [-0.15, -0.1) is 0 Å². The average Bonchev–Trinajstić information content (AvgIpc) is 2.88. The first-order valence-corrected chi connectivity index (χ1v) is 7.01. The van der Waals surface area contributed by atoms with Gasteiger partial charge >= 0.3 is 0 Å². The lowest BCUT2D eigenvalue weighted by molar-refractivity contribution is -0.125. The van der Waals surface area contributed by atoms with Crippen molar-refractivity contribution in [1.82, 2.24) is 5.32 Å². The number of nitrogens with one attached hydrogen (secondary N) is 1. The number of aliphatic hydroxyl groups excluding tert-OH is 2. The monoisotopic (exact) mass is 277 g/mol. The summed E-state index contributed by atoms with van der Waals surface area (Å²) in [6, 6.07) is 5.81.